The molecule has 1 rings (SSSR count). The third-order valence-corrected chi connectivity index (χ3v) is 4.09. The van der Waals surface area contributed by atoms with Crippen LogP contribution in [0.2, 0.25) is 0 Å². The van der Waals surface area contributed by atoms with Gasteiger partial charge in [-0.2, -0.15) is 4.39 Å². The fraction of sp³-hybridized carbons (Fsp3) is 0.417. The molecule has 19 heavy (non-hydrogen) atoms. The fourth-order valence-electron chi connectivity index (χ4n) is 1.52. The zero-order valence-electron chi connectivity index (χ0n) is 10.5. The van der Waals surface area contributed by atoms with Gasteiger partial charge < -0.3 is 5.11 Å². The van der Waals surface area contributed by atoms with Crippen molar-refractivity contribution < 1.29 is 19.2 Å². The van der Waals surface area contributed by atoms with Gasteiger partial charge in [-0.05, 0) is 17.5 Å². The van der Waals surface area contributed by atoms with Gasteiger partial charge in [0.25, 0.3) is 0 Å². The average molecular weight is 287 g/mol. The first kappa shape index (κ1) is 15.4. The number of halogens is 1. The number of carboxylic acid groups (broad SMARTS) is 1. The lowest BCUT2D eigenvalue weighted by Crippen LogP contribution is -2.22. The Kier molecular flexibility index (Phi) is 5.29. The minimum absolute atomic E-state index is 0.0506. The number of hydrogen-bond donors (Lipinski definition) is 1. The van der Waals surface area contributed by atoms with Crippen molar-refractivity contribution in [2.45, 2.75) is 24.9 Å². The van der Waals surface area contributed by atoms with Crippen molar-refractivity contribution in [2.24, 2.45) is 5.92 Å². The van der Waals surface area contributed by atoms with Crippen molar-refractivity contribution in [3.8, 4) is 0 Å². The van der Waals surface area contributed by atoms with Crippen molar-refractivity contribution in [1.29, 1.82) is 0 Å². The highest BCUT2D eigenvalue weighted by Crippen LogP contribution is 2.26. The smallest absolute Gasteiger partial charge is 0.316 e. The first-order chi connectivity index (χ1) is 8.82. The first-order valence-corrected chi connectivity index (χ1v) is 6.65. The lowest BCUT2D eigenvalue weighted by molar-refractivity contribution is -0.387. The number of nitro groups is 1. The minimum atomic E-state index is -0.914. The zero-order chi connectivity index (χ0) is 14.6. The van der Waals surface area contributed by atoms with Crippen LogP contribution in [0.4, 0.5) is 10.1 Å². The molecule has 0 aliphatic heterocycles. The number of nitrogens with zero attached hydrogens (tertiary/aromatic N) is 1. The van der Waals surface area contributed by atoms with Gasteiger partial charge in [0.1, 0.15) is 5.25 Å². The van der Waals surface area contributed by atoms with Crippen molar-refractivity contribution in [2.75, 3.05) is 0 Å². The minimum Gasteiger partial charge on any atom is -0.480 e. The van der Waals surface area contributed by atoms with Crippen LogP contribution in [-0.2, 0) is 10.5 Å². The summed E-state index contributed by atoms with van der Waals surface area (Å²) in [7, 11) is 0. The van der Waals surface area contributed by atoms with Crippen LogP contribution < -0.4 is 0 Å². The Morgan fingerprint density at radius 3 is 2.58 bits per heavy atom. The summed E-state index contributed by atoms with van der Waals surface area (Å²) in [6, 6.07) is 3.61. The molecule has 0 saturated heterocycles. The van der Waals surface area contributed by atoms with Crippen LogP contribution in [0.3, 0.4) is 0 Å². The van der Waals surface area contributed by atoms with E-state index in [1.165, 1.54) is 17.8 Å². The third kappa shape index (κ3) is 4.20. The zero-order valence-corrected chi connectivity index (χ0v) is 11.3. The molecule has 0 saturated carbocycles. The van der Waals surface area contributed by atoms with Crippen molar-refractivity contribution in [3.05, 3.63) is 39.7 Å². The molecule has 0 heterocycles. The van der Waals surface area contributed by atoms with E-state index in [0.29, 0.717) is 11.3 Å². The second kappa shape index (κ2) is 6.51. The molecule has 0 aliphatic carbocycles. The quantitative estimate of drug-likeness (QED) is 0.642. The molecule has 0 aliphatic rings. The number of aliphatic carboxylic acids is 1. The molecule has 0 fully saturated rings. The number of nitro benzene ring substituents is 1. The van der Waals surface area contributed by atoms with Gasteiger partial charge in [0.15, 0.2) is 0 Å². The molecule has 0 radical (unpaired) electrons. The topological polar surface area (TPSA) is 80.4 Å². The molecule has 0 spiro atoms. The summed E-state index contributed by atoms with van der Waals surface area (Å²) in [6.07, 6.45) is 0. The Labute approximate surface area is 114 Å². The number of carbonyl (C=O) groups is 1. The molecule has 0 bridgehead atoms. The summed E-state index contributed by atoms with van der Waals surface area (Å²) in [4.78, 5) is 20.7. The van der Waals surface area contributed by atoms with Gasteiger partial charge in [-0.1, -0.05) is 19.9 Å². The van der Waals surface area contributed by atoms with Crippen LogP contribution >= 0.6 is 11.8 Å². The van der Waals surface area contributed by atoms with Crippen LogP contribution in [0, 0.1) is 21.8 Å². The maximum atomic E-state index is 13.4. The Morgan fingerprint density at radius 1 is 1.53 bits per heavy atom. The first-order valence-electron chi connectivity index (χ1n) is 5.60. The van der Waals surface area contributed by atoms with Crippen LogP contribution in [0.25, 0.3) is 0 Å². The van der Waals surface area contributed by atoms with E-state index in [0.717, 1.165) is 12.1 Å². The molecular formula is C12H14FNO4S. The number of rotatable bonds is 6. The van der Waals surface area contributed by atoms with Crippen molar-refractivity contribution >= 4 is 23.4 Å². The molecule has 7 heteroatoms. The summed E-state index contributed by atoms with van der Waals surface area (Å²) in [6.45, 7) is 3.59. The van der Waals surface area contributed by atoms with Gasteiger partial charge in [0, 0.05) is 11.8 Å². The van der Waals surface area contributed by atoms with E-state index in [2.05, 4.69) is 0 Å². The normalized spacial score (nSPS) is 12.4. The van der Waals surface area contributed by atoms with E-state index in [1.807, 2.05) is 0 Å². The summed E-state index contributed by atoms with van der Waals surface area (Å²) >= 11 is 1.18. The summed E-state index contributed by atoms with van der Waals surface area (Å²) < 4.78 is 13.4. The molecule has 1 N–H and O–H groups in total. The second-order valence-electron chi connectivity index (χ2n) is 4.36. The van der Waals surface area contributed by atoms with Crippen molar-refractivity contribution in [3.63, 3.8) is 0 Å². The van der Waals surface area contributed by atoms with E-state index in [-0.39, 0.29) is 5.92 Å². The predicted octanol–water partition coefficient (Wildman–Crippen LogP) is 3.08. The monoisotopic (exact) mass is 287 g/mol. The van der Waals surface area contributed by atoms with Crippen LogP contribution in [0.5, 0.6) is 0 Å². The number of thioether (sulfide) groups is 1. The second-order valence-corrected chi connectivity index (χ2v) is 5.49. The van der Waals surface area contributed by atoms with Gasteiger partial charge in [0.05, 0.1) is 4.92 Å². The predicted molar refractivity (Wildman–Crippen MR) is 70.6 cm³/mol. The molecule has 1 aromatic carbocycles. The van der Waals surface area contributed by atoms with Gasteiger partial charge in [-0.15, -0.1) is 11.8 Å². The number of benzene rings is 1. The molecule has 0 amide bonds. The van der Waals surface area contributed by atoms with Crippen LogP contribution in [-0.4, -0.2) is 21.2 Å². The van der Waals surface area contributed by atoms with Gasteiger partial charge in [-0.3, -0.25) is 14.9 Å². The van der Waals surface area contributed by atoms with Gasteiger partial charge >= 0.3 is 11.7 Å². The molecule has 1 atom stereocenters. The number of hydrogen-bond acceptors (Lipinski definition) is 4. The maximum Gasteiger partial charge on any atom is 0.316 e. The van der Waals surface area contributed by atoms with E-state index in [4.69, 9.17) is 5.11 Å². The highest BCUT2D eigenvalue weighted by molar-refractivity contribution is 7.99. The van der Waals surface area contributed by atoms with Crippen molar-refractivity contribution in [1.82, 2.24) is 0 Å². The summed E-state index contributed by atoms with van der Waals surface area (Å²) in [5, 5.41) is 18.9. The summed E-state index contributed by atoms with van der Waals surface area (Å²) in [5.74, 6) is -1.57. The lowest BCUT2D eigenvalue weighted by Gasteiger charge is -2.15. The van der Waals surface area contributed by atoms with E-state index in [9.17, 15) is 19.3 Å². The third-order valence-electron chi connectivity index (χ3n) is 2.49. The average Bonchev–Trinajstić information content (AvgIpc) is 2.27. The Morgan fingerprint density at radius 2 is 2.16 bits per heavy atom. The Balaban J connectivity index is 2.76. The molecule has 1 unspecified atom stereocenters. The van der Waals surface area contributed by atoms with E-state index in [1.54, 1.807) is 13.8 Å². The Hall–Kier alpha value is -1.63. The largest absolute Gasteiger partial charge is 0.480 e. The maximum absolute atomic E-state index is 13.4. The molecule has 104 valence electrons. The molecule has 0 aromatic heterocycles. The van der Waals surface area contributed by atoms with Gasteiger partial charge in [0.2, 0.25) is 5.82 Å². The highest BCUT2D eigenvalue weighted by atomic mass is 32.2. The fourth-order valence-corrected chi connectivity index (χ4v) is 2.60. The standard InChI is InChI=1S/C12H14FNO4S/c1-7(2)11(12(15)16)19-6-8-3-4-10(14(17)18)9(13)5-8/h3-5,7,11H,6H2,1-2H3,(H,15,16). The number of carboxylic acids is 1. The SMILES string of the molecule is CC(C)C(SCc1ccc([N+](=O)[O-])c(F)c1)C(=O)O. The van der Waals surface area contributed by atoms with Crippen LogP contribution in [0.1, 0.15) is 19.4 Å². The Bertz CT molecular complexity index is 493. The molecule has 5 nitrogen and oxygen atoms in total. The summed E-state index contributed by atoms with van der Waals surface area (Å²) in [5.41, 5.74) is -0.0487. The highest BCUT2D eigenvalue weighted by Gasteiger charge is 2.22. The van der Waals surface area contributed by atoms with E-state index < -0.39 is 27.6 Å². The van der Waals surface area contributed by atoms with Crippen LogP contribution in [0.15, 0.2) is 18.2 Å². The lowest BCUT2D eigenvalue weighted by atomic mass is 10.1. The van der Waals surface area contributed by atoms with E-state index >= 15 is 0 Å². The molecular weight excluding hydrogens is 273 g/mol. The van der Waals surface area contributed by atoms with Gasteiger partial charge in [-0.25, -0.2) is 0 Å². The molecule has 1 aromatic rings.